The second kappa shape index (κ2) is 5.27. The number of aryl methyl sites for hydroxylation is 2. The lowest BCUT2D eigenvalue weighted by atomic mass is 10.0. The van der Waals surface area contributed by atoms with Crippen LogP contribution in [0.2, 0.25) is 0 Å². The predicted molar refractivity (Wildman–Crippen MR) is 74.5 cm³/mol. The van der Waals surface area contributed by atoms with Crippen LogP contribution in [0, 0.1) is 0 Å². The van der Waals surface area contributed by atoms with Gasteiger partial charge >= 0.3 is 5.97 Å². The van der Waals surface area contributed by atoms with Gasteiger partial charge in [0.2, 0.25) is 5.91 Å². The number of carboxylic acids is 1. The summed E-state index contributed by atoms with van der Waals surface area (Å²) in [7, 11) is 0. The standard InChI is InChI=1S/C16H19NO3/c18-15(17(10-16(19)20)14-6-7-14)9-11-4-5-12-2-1-3-13(12)8-11/h4-5,8,14H,1-3,6-7,9-10H2,(H,19,20). The molecule has 1 aromatic rings. The van der Waals surface area contributed by atoms with Gasteiger partial charge in [-0.25, -0.2) is 0 Å². The van der Waals surface area contributed by atoms with E-state index in [1.807, 2.05) is 6.07 Å². The van der Waals surface area contributed by atoms with Crippen LogP contribution in [0.1, 0.15) is 36.0 Å². The molecule has 1 saturated carbocycles. The number of fused-ring (bicyclic) bond motifs is 1. The summed E-state index contributed by atoms with van der Waals surface area (Å²) in [5, 5.41) is 8.91. The summed E-state index contributed by atoms with van der Waals surface area (Å²) >= 11 is 0. The Bertz CT molecular complexity index is 549. The average Bonchev–Trinajstić information content (AvgIpc) is 3.13. The summed E-state index contributed by atoms with van der Waals surface area (Å²) in [4.78, 5) is 24.7. The number of nitrogens with zero attached hydrogens (tertiary/aromatic N) is 1. The zero-order valence-corrected chi connectivity index (χ0v) is 11.5. The molecule has 4 heteroatoms. The maximum atomic E-state index is 12.3. The molecular formula is C16H19NO3. The third-order valence-corrected chi connectivity index (χ3v) is 4.13. The van der Waals surface area contributed by atoms with E-state index in [2.05, 4.69) is 12.1 Å². The molecule has 1 aromatic carbocycles. The number of benzene rings is 1. The Kier molecular flexibility index (Phi) is 3.47. The molecule has 1 amide bonds. The van der Waals surface area contributed by atoms with Crippen molar-refractivity contribution in [3.63, 3.8) is 0 Å². The topological polar surface area (TPSA) is 57.6 Å². The molecule has 2 aliphatic carbocycles. The molecule has 0 heterocycles. The molecule has 0 spiro atoms. The Morgan fingerprint density at radius 3 is 2.65 bits per heavy atom. The van der Waals surface area contributed by atoms with Gasteiger partial charge in [0.05, 0.1) is 6.42 Å². The number of carboxylic acid groups (broad SMARTS) is 1. The highest BCUT2D eigenvalue weighted by Crippen LogP contribution is 2.28. The third kappa shape index (κ3) is 2.84. The highest BCUT2D eigenvalue weighted by atomic mass is 16.4. The van der Waals surface area contributed by atoms with Gasteiger partial charge < -0.3 is 10.0 Å². The molecule has 20 heavy (non-hydrogen) atoms. The van der Waals surface area contributed by atoms with E-state index < -0.39 is 5.97 Å². The molecule has 106 valence electrons. The van der Waals surface area contributed by atoms with E-state index in [0.717, 1.165) is 31.2 Å². The van der Waals surface area contributed by atoms with Crippen LogP contribution in [0.15, 0.2) is 18.2 Å². The number of aliphatic carboxylic acids is 1. The smallest absolute Gasteiger partial charge is 0.323 e. The van der Waals surface area contributed by atoms with Gasteiger partial charge in [-0.2, -0.15) is 0 Å². The van der Waals surface area contributed by atoms with Crippen LogP contribution in [-0.4, -0.2) is 34.5 Å². The van der Waals surface area contributed by atoms with E-state index >= 15 is 0 Å². The summed E-state index contributed by atoms with van der Waals surface area (Å²) in [6, 6.07) is 6.39. The molecular weight excluding hydrogens is 254 g/mol. The van der Waals surface area contributed by atoms with Crippen LogP contribution < -0.4 is 0 Å². The van der Waals surface area contributed by atoms with Crippen molar-refractivity contribution < 1.29 is 14.7 Å². The Labute approximate surface area is 118 Å². The number of rotatable bonds is 5. The van der Waals surface area contributed by atoms with E-state index in [0.29, 0.717) is 6.42 Å². The van der Waals surface area contributed by atoms with Crippen LogP contribution in [0.4, 0.5) is 0 Å². The molecule has 0 saturated heterocycles. The third-order valence-electron chi connectivity index (χ3n) is 4.13. The summed E-state index contributed by atoms with van der Waals surface area (Å²) in [6.07, 6.45) is 5.61. The maximum absolute atomic E-state index is 12.3. The lowest BCUT2D eigenvalue weighted by molar-refractivity contribution is -0.144. The molecule has 1 N–H and O–H groups in total. The minimum atomic E-state index is -0.931. The van der Waals surface area contributed by atoms with Crippen molar-refractivity contribution in [2.24, 2.45) is 0 Å². The molecule has 1 fully saturated rings. The predicted octanol–water partition coefficient (Wildman–Crippen LogP) is 1.79. The van der Waals surface area contributed by atoms with Crippen molar-refractivity contribution in [3.8, 4) is 0 Å². The van der Waals surface area contributed by atoms with Gasteiger partial charge in [0.1, 0.15) is 6.54 Å². The largest absolute Gasteiger partial charge is 0.480 e. The number of amides is 1. The lowest BCUT2D eigenvalue weighted by Crippen LogP contribution is -2.38. The summed E-state index contributed by atoms with van der Waals surface area (Å²) in [6.45, 7) is -0.172. The molecule has 4 nitrogen and oxygen atoms in total. The molecule has 0 atom stereocenters. The fourth-order valence-electron chi connectivity index (χ4n) is 2.96. The fraction of sp³-hybridized carbons (Fsp3) is 0.500. The highest BCUT2D eigenvalue weighted by molar-refractivity contribution is 5.83. The van der Waals surface area contributed by atoms with Gasteiger partial charge in [-0.05, 0) is 48.8 Å². The van der Waals surface area contributed by atoms with Gasteiger partial charge in [-0.1, -0.05) is 18.2 Å². The van der Waals surface area contributed by atoms with Gasteiger partial charge in [0.15, 0.2) is 0 Å². The van der Waals surface area contributed by atoms with E-state index in [4.69, 9.17) is 5.11 Å². The molecule has 2 aliphatic rings. The zero-order chi connectivity index (χ0) is 14.1. The van der Waals surface area contributed by atoms with Gasteiger partial charge in [0, 0.05) is 6.04 Å². The monoisotopic (exact) mass is 273 g/mol. The van der Waals surface area contributed by atoms with E-state index in [1.165, 1.54) is 22.4 Å². The second-order valence-corrected chi connectivity index (χ2v) is 5.78. The van der Waals surface area contributed by atoms with Crippen LogP contribution in [0.5, 0.6) is 0 Å². The molecule has 0 aromatic heterocycles. The second-order valence-electron chi connectivity index (χ2n) is 5.78. The van der Waals surface area contributed by atoms with Crippen LogP contribution in [0.3, 0.4) is 0 Å². The molecule has 0 aliphatic heterocycles. The van der Waals surface area contributed by atoms with Crippen LogP contribution in [-0.2, 0) is 28.9 Å². The Morgan fingerprint density at radius 2 is 1.95 bits per heavy atom. The number of hydrogen-bond acceptors (Lipinski definition) is 2. The van der Waals surface area contributed by atoms with Crippen LogP contribution in [0.25, 0.3) is 0 Å². The van der Waals surface area contributed by atoms with E-state index in [-0.39, 0.29) is 18.5 Å². The fourth-order valence-corrected chi connectivity index (χ4v) is 2.96. The minimum absolute atomic E-state index is 0.0622. The lowest BCUT2D eigenvalue weighted by Gasteiger charge is -2.20. The van der Waals surface area contributed by atoms with Crippen molar-refractivity contribution in [1.82, 2.24) is 4.90 Å². The van der Waals surface area contributed by atoms with Crippen molar-refractivity contribution in [2.75, 3.05) is 6.54 Å². The minimum Gasteiger partial charge on any atom is -0.480 e. The molecule has 0 bridgehead atoms. The first-order chi connectivity index (χ1) is 9.63. The first-order valence-electron chi connectivity index (χ1n) is 7.25. The van der Waals surface area contributed by atoms with Gasteiger partial charge in [0.25, 0.3) is 0 Å². The number of carbonyl (C=O) groups is 2. The Morgan fingerprint density at radius 1 is 1.20 bits per heavy atom. The van der Waals surface area contributed by atoms with Crippen molar-refractivity contribution in [3.05, 3.63) is 34.9 Å². The van der Waals surface area contributed by atoms with Crippen LogP contribution >= 0.6 is 0 Å². The number of carbonyl (C=O) groups excluding carboxylic acids is 1. The maximum Gasteiger partial charge on any atom is 0.323 e. The summed E-state index contributed by atoms with van der Waals surface area (Å²) < 4.78 is 0. The molecule has 0 unspecified atom stereocenters. The number of hydrogen-bond donors (Lipinski definition) is 1. The first-order valence-corrected chi connectivity index (χ1v) is 7.25. The van der Waals surface area contributed by atoms with Crippen molar-refractivity contribution >= 4 is 11.9 Å². The molecule has 0 radical (unpaired) electrons. The summed E-state index contributed by atoms with van der Waals surface area (Å²) in [5.41, 5.74) is 3.75. The van der Waals surface area contributed by atoms with Crippen molar-refractivity contribution in [2.45, 2.75) is 44.6 Å². The quantitative estimate of drug-likeness (QED) is 0.890. The SMILES string of the molecule is O=C(O)CN(C(=O)Cc1ccc2c(c1)CCC2)C1CC1. The van der Waals surface area contributed by atoms with Crippen molar-refractivity contribution in [1.29, 1.82) is 0 Å². The zero-order valence-electron chi connectivity index (χ0n) is 11.5. The normalized spacial score (nSPS) is 16.8. The van der Waals surface area contributed by atoms with E-state index in [1.54, 1.807) is 0 Å². The van der Waals surface area contributed by atoms with E-state index in [9.17, 15) is 9.59 Å². The Balaban J connectivity index is 1.69. The Hall–Kier alpha value is -1.84. The van der Waals surface area contributed by atoms with Gasteiger partial charge in [-0.3, -0.25) is 9.59 Å². The van der Waals surface area contributed by atoms with Gasteiger partial charge in [-0.15, -0.1) is 0 Å². The summed E-state index contributed by atoms with van der Waals surface area (Å²) in [5.74, 6) is -0.993. The average molecular weight is 273 g/mol. The molecule has 3 rings (SSSR count). The first kappa shape index (κ1) is 13.2. The highest BCUT2D eigenvalue weighted by Gasteiger charge is 2.33.